The minimum Gasteiger partial charge on any atom is -0.507 e. The van der Waals surface area contributed by atoms with E-state index in [1.165, 1.54) is 0 Å². The molecule has 2 aromatic carbocycles. The summed E-state index contributed by atoms with van der Waals surface area (Å²) in [5, 5.41) is 30.0. The standard InChI is InChI=1S/C40H40N6O4/c1-49-39(33-17-3-7-21-43-33,34-18-4-8-22-44-34)31-15-11-13-29(37(31)47)27-41-25-26-42-28-30-14-12-16-32(38(30)48)40(50-2,35-19-5-9-23-45-35)36-20-6-10-24-46-36/h3-24,41-42,47-48H,25-28H2,1-2H3. The van der Waals surface area contributed by atoms with Crippen molar-refractivity contribution in [3.8, 4) is 11.5 Å². The van der Waals surface area contributed by atoms with E-state index in [0.717, 1.165) is 0 Å². The van der Waals surface area contributed by atoms with E-state index in [-0.39, 0.29) is 11.5 Å². The van der Waals surface area contributed by atoms with Gasteiger partial charge in [-0.25, -0.2) is 0 Å². The van der Waals surface area contributed by atoms with Crippen LogP contribution in [0.1, 0.15) is 45.0 Å². The molecule has 0 bridgehead atoms. The van der Waals surface area contributed by atoms with Crippen LogP contribution in [-0.4, -0.2) is 57.5 Å². The highest BCUT2D eigenvalue weighted by Gasteiger charge is 2.43. The number of aromatic hydroxyl groups is 2. The van der Waals surface area contributed by atoms with Crippen LogP contribution in [0.15, 0.2) is 134 Å². The minimum absolute atomic E-state index is 0.107. The van der Waals surface area contributed by atoms with Crippen molar-refractivity contribution >= 4 is 0 Å². The van der Waals surface area contributed by atoms with E-state index in [9.17, 15) is 10.2 Å². The fourth-order valence-electron chi connectivity index (χ4n) is 6.40. The van der Waals surface area contributed by atoms with Gasteiger partial charge in [-0.3, -0.25) is 19.9 Å². The summed E-state index contributed by atoms with van der Waals surface area (Å²) in [5.41, 5.74) is 2.54. The monoisotopic (exact) mass is 668 g/mol. The summed E-state index contributed by atoms with van der Waals surface area (Å²) in [5.74, 6) is 0.214. The van der Waals surface area contributed by atoms with Gasteiger partial charge in [-0.15, -0.1) is 0 Å². The average Bonchev–Trinajstić information content (AvgIpc) is 3.18. The van der Waals surface area contributed by atoms with Crippen molar-refractivity contribution in [2.75, 3.05) is 27.3 Å². The molecule has 0 saturated carbocycles. The number of nitrogens with one attached hydrogen (secondary N) is 2. The minimum atomic E-state index is -1.21. The molecular weight excluding hydrogens is 628 g/mol. The van der Waals surface area contributed by atoms with Gasteiger partial charge in [0.15, 0.2) is 11.2 Å². The molecule has 6 aromatic rings. The molecule has 254 valence electrons. The van der Waals surface area contributed by atoms with Crippen molar-refractivity contribution in [3.63, 3.8) is 0 Å². The molecule has 50 heavy (non-hydrogen) atoms. The van der Waals surface area contributed by atoms with Gasteiger partial charge in [-0.1, -0.05) is 60.7 Å². The Balaban J connectivity index is 1.15. The number of rotatable bonds is 15. The van der Waals surface area contributed by atoms with E-state index in [4.69, 9.17) is 9.47 Å². The second-order valence-electron chi connectivity index (χ2n) is 11.6. The molecule has 6 rings (SSSR count). The van der Waals surface area contributed by atoms with Gasteiger partial charge in [-0.05, 0) is 48.5 Å². The maximum Gasteiger partial charge on any atom is 0.180 e. The third-order valence-electron chi connectivity index (χ3n) is 8.82. The number of hydrogen-bond donors (Lipinski definition) is 4. The van der Waals surface area contributed by atoms with E-state index >= 15 is 0 Å². The quantitative estimate of drug-likeness (QED) is 0.105. The highest BCUT2D eigenvalue weighted by Crippen LogP contribution is 2.44. The maximum atomic E-state index is 11.6. The number of nitrogens with zero attached hydrogens (tertiary/aromatic N) is 4. The number of methoxy groups -OCH3 is 2. The Morgan fingerprint density at radius 3 is 1.10 bits per heavy atom. The third kappa shape index (κ3) is 6.57. The number of phenolic OH excluding ortho intramolecular Hbond substituents is 2. The number of para-hydroxylation sites is 2. The molecule has 4 N–H and O–H groups in total. The Kier molecular flexibility index (Phi) is 10.9. The second-order valence-corrected chi connectivity index (χ2v) is 11.6. The Bertz CT molecular complexity index is 1740. The van der Waals surface area contributed by atoms with E-state index in [0.29, 0.717) is 71.2 Å². The first-order valence-electron chi connectivity index (χ1n) is 16.4. The van der Waals surface area contributed by atoms with Crippen LogP contribution in [0.25, 0.3) is 0 Å². The molecule has 0 spiro atoms. The number of aromatic nitrogens is 4. The van der Waals surface area contributed by atoms with E-state index in [1.54, 1.807) is 39.0 Å². The summed E-state index contributed by atoms with van der Waals surface area (Å²) < 4.78 is 12.4. The van der Waals surface area contributed by atoms with Gasteiger partial charge in [0, 0.05) is 87.4 Å². The lowest BCUT2D eigenvalue weighted by molar-refractivity contribution is 0.0488. The molecule has 0 radical (unpaired) electrons. The van der Waals surface area contributed by atoms with E-state index in [2.05, 4.69) is 30.6 Å². The first-order valence-corrected chi connectivity index (χ1v) is 16.4. The van der Waals surface area contributed by atoms with Gasteiger partial charge in [0.05, 0.1) is 22.8 Å². The van der Waals surface area contributed by atoms with Crippen LogP contribution in [0.5, 0.6) is 11.5 Å². The van der Waals surface area contributed by atoms with Crippen molar-refractivity contribution in [3.05, 3.63) is 179 Å². The smallest absolute Gasteiger partial charge is 0.180 e. The van der Waals surface area contributed by atoms with Crippen LogP contribution in [-0.2, 0) is 33.8 Å². The van der Waals surface area contributed by atoms with Crippen LogP contribution < -0.4 is 10.6 Å². The number of hydrogen-bond acceptors (Lipinski definition) is 10. The van der Waals surface area contributed by atoms with Crippen LogP contribution in [0, 0.1) is 0 Å². The largest absolute Gasteiger partial charge is 0.507 e. The van der Waals surface area contributed by atoms with Crippen LogP contribution in [0.4, 0.5) is 0 Å². The fourth-order valence-corrected chi connectivity index (χ4v) is 6.40. The molecule has 0 saturated heterocycles. The average molecular weight is 669 g/mol. The SMILES string of the molecule is COC(c1ccccn1)(c1ccccn1)c1cccc(CNCCNCc2cccc(C(OC)(c3ccccn3)c3ccccn3)c2O)c1O. The first kappa shape index (κ1) is 34.3. The number of phenols is 2. The normalized spacial score (nSPS) is 11.8. The number of benzene rings is 2. The van der Waals surface area contributed by atoms with Gasteiger partial charge in [-0.2, -0.15) is 0 Å². The zero-order valence-electron chi connectivity index (χ0n) is 28.0. The van der Waals surface area contributed by atoms with Crippen molar-refractivity contribution in [1.29, 1.82) is 0 Å². The molecule has 0 atom stereocenters. The molecule has 4 aromatic heterocycles. The molecule has 0 unspecified atom stereocenters. The Labute approximate surface area is 291 Å². The summed E-state index contributed by atoms with van der Waals surface area (Å²) >= 11 is 0. The topological polar surface area (TPSA) is 135 Å². The van der Waals surface area contributed by atoms with Crippen molar-refractivity contribution in [1.82, 2.24) is 30.6 Å². The molecule has 0 amide bonds. The predicted octanol–water partition coefficient (Wildman–Crippen LogP) is 5.43. The fraction of sp³-hybridized carbons (Fsp3) is 0.200. The Hall–Kier alpha value is -5.52. The molecule has 0 fully saturated rings. The zero-order chi connectivity index (χ0) is 34.8. The lowest BCUT2D eigenvalue weighted by atomic mass is 9.84. The van der Waals surface area contributed by atoms with Gasteiger partial charge in [0.25, 0.3) is 0 Å². The lowest BCUT2D eigenvalue weighted by Gasteiger charge is -2.33. The van der Waals surface area contributed by atoms with Gasteiger partial charge >= 0.3 is 0 Å². The third-order valence-corrected chi connectivity index (χ3v) is 8.82. The highest BCUT2D eigenvalue weighted by atomic mass is 16.5. The van der Waals surface area contributed by atoms with Gasteiger partial charge < -0.3 is 30.3 Å². The first-order chi connectivity index (χ1) is 24.6. The van der Waals surface area contributed by atoms with Gasteiger partial charge in [0.2, 0.25) is 0 Å². The second kappa shape index (κ2) is 15.8. The highest BCUT2D eigenvalue weighted by molar-refractivity contribution is 5.53. The molecule has 10 nitrogen and oxygen atoms in total. The molecule has 0 aliphatic rings. The molecule has 0 aliphatic carbocycles. The summed E-state index contributed by atoms with van der Waals surface area (Å²) in [6, 6.07) is 33.6. The van der Waals surface area contributed by atoms with Crippen LogP contribution in [0.3, 0.4) is 0 Å². The van der Waals surface area contributed by atoms with Crippen LogP contribution >= 0.6 is 0 Å². The van der Waals surface area contributed by atoms with Crippen LogP contribution in [0.2, 0.25) is 0 Å². The molecule has 0 aliphatic heterocycles. The number of ether oxygens (including phenoxy) is 2. The van der Waals surface area contributed by atoms with E-state index in [1.807, 2.05) is 109 Å². The van der Waals surface area contributed by atoms with Crippen molar-refractivity contribution in [2.45, 2.75) is 24.3 Å². The van der Waals surface area contributed by atoms with Crippen molar-refractivity contribution < 1.29 is 19.7 Å². The Morgan fingerprint density at radius 2 is 0.820 bits per heavy atom. The maximum absolute atomic E-state index is 11.6. The zero-order valence-corrected chi connectivity index (χ0v) is 28.0. The van der Waals surface area contributed by atoms with Crippen molar-refractivity contribution in [2.24, 2.45) is 0 Å². The molecular formula is C40H40N6O4. The predicted molar refractivity (Wildman–Crippen MR) is 190 cm³/mol. The summed E-state index contributed by atoms with van der Waals surface area (Å²) in [6.07, 6.45) is 6.80. The lowest BCUT2D eigenvalue weighted by Crippen LogP contribution is -2.34. The molecule has 4 heterocycles. The number of pyridine rings is 4. The summed E-state index contributed by atoms with van der Waals surface area (Å²) in [4.78, 5) is 18.4. The summed E-state index contributed by atoms with van der Waals surface area (Å²) in [6.45, 7) is 2.03. The molecule has 10 heteroatoms. The van der Waals surface area contributed by atoms with Gasteiger partial charge in [0.1, 0.15) is 11.5 Å². The Morgan fingerprint density at radius 1 is 0.480 bits per heavy atom. The summed E-state index contributed by atoms with van der Waals surface area (Å²) in [7, 11) is 3.19. The van der Waals surface area contributed by atoms with E-state index < -0.39 is 11.2 Å².